The summed E-state index contributed by atoms with van der Waals surface area (Å²) in [7, 11) is 1.68. The maximum Gasteiger partial charge on any atom is 0.232 e. The van der Waals surface area contributed by atoms with Gasteiger partial charge in [-0.05, 0) is 26.8 Å². The Morgan fingerprint density at radius 2 is 2.04 bits per heavy atom. The van der Waals surface area contributed by atoms with Crippen LogP contribution in [0.1, 0.15) is 63.5 Å². The third-order valence-corrected chi connectivity index (χ3v) is 4.04. The lowest BCUT2D eigenvalue weighted by atomic mass is 9.97. The second-order valence-electron chi connectivity index (χ2n) is 7.57. The number of ether oxygens (including phenoxy) is 1. The molecule has 1 aromatic carbocycles. The van der Waals surface area contributed by atoms with Gasteiger partial charge >= 0.3 is 0 Å². The highest BCUT2D eigenvalue weighted by atomic mass is 127. The number of hydrogen-bond acceptors (Lipinski definition) is 5. The summed E-state index contributed by atoms with van der Waals surface area (Å²) in [5, 5.41) is 10.7. The molecule has 1 heterocycles. The second-order valence-corrected chi connectivity index (χ2v) is 7.57. The molecule has 0 bridgehead atoms. The van der Waals surface area contributed by atoms with Gasteiger partial charge in [-0.1, -0.05) is 43.6 Å². The Morgan fingerprint density at radius 1 is 1.32 bits per heavy atom. The Kier molecular flexibility index (Phi) is 9.19. The number of nitrogens with zero attached hydrogens (tertiary/aromatic N) is 3. The van der Waals surface area contributed by atoms with Gasteiger partial charge in [-0.25, -0.2) is 4.99 Å². The van der Waals surface area contributed by atoms with Gasteiger partial charge in [0.1, 0.15) is 12.3 Å². The van der Waals surface area contributed by atoms with Crippen LogP contribution in [0.4, 0.5) is 0 Å². The molecule has 1 unspecified atom stereocenters. The van der Waals surface area contributed by atoms with Gasteiger partial charge in [0.25, 0.3) is 0 Å². The van der Waals surface area contributed by atoms with Crippen molar-refractivity contribution in [2.45, 2.75) is 59.5 Å². The van der Waals surface area contributed by atoms with Crippen molar-refractivity contribution in [3.8, 4) is 5.75 Å². The molecule has 8 heteroatoms. The molecule has 1 aromatic heterocycles. The van der Waals surface area contributed by atoms with Gasteiger partial charge in [-0.2, -0.15) is 4.98 Å². The molecule has 0 amide bonds. The normalized spacial score (nSPS) is 12.9. The maximum absolute atomic E-state index is 5.49. The molecule has 2 aromatic rings. The lowest BCUT2D eigenvalue weighted by Gasteiger charge is -2.20. The van der Waals surface area contributed by atoms with Crippen LogP contribution in [0.3, 0.4) is 0 Å². The molecule has 2 N–H and O–H groups in total. The van der Waals surface area contributed by atoms with Crippen LogP contribution in [-0.4, -0.2) is 29.8 Å². The number of halogens is 1. The Bertz CT molecular complexity index is 783. The Hall–Kier alpha value is -1.84. The summed E-state index contributed by atoms with van der Waals surface area (Å²) in [6.45, 7) is 13.4. The molecule has 0 spiro atoms. The summed E-state index contributed by atoms with van der Waals surface area (Å²) in [5.41, 5.74) is 2.09. The molecule has 0 saturated carbocycles. The van der Waals surface area contributed by atoms with Gasteiger partial charge < -0.3 is 19.9 Å². The lowest BCUT2D eigenvalue weighted by Crippen LogP contribution is -2.38. The van der Waals surface area contributed by atoms with Gasteiger partial charge in [0.2, 0.25) is 5.89 Å². The number of methoxy groups -OCH3 is 1. The highest BCUT2D eigenvalue weighted by Gasteiger charge is 2.21. The van der Waals surface area contributed by atoms with Crippen LogP contribution >= 0.6 is 24.0 Å². The minimum atomic E-state index is -0.173. The van der Waals surface area contributed by atoms with E-state index in [4.69, 9.17) is 9.26 Å². The Labute approximate surface area is 184 Å². The molecule has 0 aliphatic heterocycles. The van der Waals surface area contributed by atoms with E-state index in [2.05, 4.69) is 45.7 Å². The predicted octanol–water partition coefficient (Wildman–Crippen LogP) is 4.12. The molecule has 7 nitrogen and oxygen atoms in total. The number of aryl methyl sites for hydroxylation is 1. The van der Waals surface area contributed by atoms with Crippen LogP contribution in [0, 0.1) is 6.92 Å². The van der Waals surface area contributed by atoms with Crippen LogP contribution < -0.4 is 15.4 Å². The Morgan fingerprint density at radius 3 is 2.61 bits per heavy atom. The molecular formula is C20H32IN5O2. The molecule has 156 valence electrons. The van der Waals surface area contributed by atoms with Gasteiger partial charge in [-0.15, -0.1) is 24.0 Å². The smallest absolute Gasteiger partial charge is 0.232 e. The van der Waals surface area contributed by atoms with Crippen LogP contribution in [0.25, 0.3) is 0 Å². The number of aliphatic imine (C=N–C) groups is 1. The number of aromatic nitrogens is 2. The first kappa shape index (κ1) is 24.2. The van der Waals surface area contributed by atoms with E-state index in [9.17, 15) is 0 Å². The molecule has 2 rings (SSSR count). The molecule has 0 aliphatic rings. The van der Waals surface area contributed by atoms with Crippen molar-refractivity contribution in [2.24, 2.45) is 4.99 Å². The summed E-state index contributed by atoms with van der Waals surface area (Å²) >= 11 is 0. The second kappa shape index (κ2) is 10.6. The van der Waals surface area contributed by atoms with Crippen molar-refractivity contribution in [3.63, 3.8) is 0 Å². The van der Waals surface area contributed by atoms with E-state index in [0.29, 0.717) is 24.2 Å². The molecule has 1 atom stereocenters. The molecule has 28 heavy (non-hydrogen) atoms. The van der Waals surface area contributed by atoms with Crippen LogP contribution in [0.5, 0.6) is 5.75 Å². The zero-order valence-electron chi connectivity index (χ0n) is 17.8. The van der Waals surface area contributed by atoms with Crippen LogP contribution in [0.2, 0.25) is 0 Å². The molecule has 0 aliphatic carbocycles. The third-order valence-electron chi connectivity index (χ3n) is 4.04. The number of benzene rings is 1. The fourth-order valence-electron chi connectivity index (χ4n) is 2.57. The fourth-order valence-corrected chi connectivity index (χ4v) is 2.57. The van der Waals surface area contributed by atoms with Gasteiger partial charge in [-0.3, -0.25) is 0 Å². The van der Waals surface area contributed by atoms with E-state index in [1.165, 1.54) is 5.56 Å². The predicted molar refractivity (Wildman–Crippen MR) is 123 cm³/mol. The Balaban J connectivity index is 0.00000392. The van der Waals surface area contributed by atoms with Gasteiger partial charge in [0, 0.05) is 17.5 Å². The minimum Gasteiger partial charge on any atom is -0.496 e. The summed E-state index contributed by atoms with van der Waals surface area (Å²) in [4.78, 5) is 9.02. The van der Waals surface area contributed by atoms with E-state index >= 15 is 0 Å². The summed E-state index contributed by atoms with van der Waals surface area (Å²) in [6.07, 6.45) is 0. The largest absolute Gasteiger partial charge is 0.496 e. The third kappa shape index (κ3) is 6.65. The maximum atomic E-state index is 5.49. The lowest BCUT2D eigenvalue weighted by molar-refractivity contribution is 0.318. The SMILES string of the molecule is CCNC(=NCc1noc(C(C)(C)C)n1)NC(C)c1cc(C)ccc1OC.I. The zero-order chi connectivity index (χ0) is 20.0. The van der Waals surface area contributed by atoms with Gasteiger partial charge in [0.05, 0.1) is 13.2 Å². The first-order chi connectivity index (χ1) is 12.7. The average Bonchev–Trinajstić information content (AvgIpc) is 3.09. The fraction of sp³-hybridized carbons (Fsp3) is 0.550. The van der Waals surface area contributed by atoms with Crippen molar-refractivity contribution in [1.29, 1.82) is 0 Å². The minimum absolute atomic E-state index is 0. The summed E-state index contributed by atoms with van der Waals surface area (Å²) in [5.74, 6) is 2.72. The molecule has 0 saturated heterocycles. The average molecular weight is 501 g/mol. The standard InChI is InChI=1S/C20H31N5O2.HI/c1-8-21-19(22-12-17-24-18(27-25-17)20(4,5)6)23-14(3)15-11-13(2)9-10-16(15)26-7;/h9-11,14H,8,12H2,1-7H3,(H2,21,22,23);1H. The van der Waals surface area contributed by atoms with Crippen molar-refractivity contribution >= 4 is 29.9 Å². The van der Waals surface area contributed by atoms with Gasteiger partial charge in [0.15, 0.2) is 11.8 Å². The summed E-state index contributed by atoms with van der Waals surface area (Å²) in [6, 6.07) is 6.17. The number of hydrogen-bond donors (Lipinski definition) is 2. The van der Waals surface area contributed by atoms with Crippen molar-refractivity contribution < 1.29 is 9.26 Å². The van der Waals surface area contributed by atoms with Crippen molar-refractivity contribution in [3.05, 3.63) is 41.0 Å². The number of nitrogens with one attached hydrogen (secondary N) is 2. The highest BCUT2D eigenvalue weighted by Crippen LogP contribution is 2.26. The monoisotopic (exact) mass is 501 g/mol. The van der Waals surface area contributed by atoms with E-state index in [-0.39, 0.29) is 35.4 Å². The molecule has 0 radical (unpaired) electrons. The summed E-state index contributed by atoms with van der Waals surface area (Å²) < 4.78 is 10.8. The van der Waals surface area contributed by atoms with E-state index in [1.54, 1.807) is 7.11 Å². The first-order valence-corrected chi connectivity index (χ1v) is 9.27. The topological polar surface area (TPSA) is 84.6 Å². The number of guanidine groups is 1. The number of rotatable bonds is 6. The quantitative estimate of drug-likeness (QED) is 0.352. The zero-order valence-corrected chi connectivity index (χ0v) is 20.1. The van der Waals surface area contributed by atoms with Crippen LogP contribution in [-0.2, 0) is 12.0 Å². The first-order valence-electron chi connectivity index (χ1n) is 9.27. The highest BCUT2D eigenvalue weighted by molar-refractivity contribution is 14.0. The van der Waals surface area contributed by atoms with Crippen molar-refractivity contribution in [2.75, 3.05) is 13.7 Å². The van der Waals surface area contributed by atoms with E-state index in [0.717, 1.165) is 17.9 Å². The van der Waals surface area contributed by atoms with Crippen LogP contribution in [0.15, 0.2) is 27.7 Å². The van der Waals surface area contributed by atoms with E-state index in [1.807, 2.05) is 39.8 Å². The van der Waals surface area contributed by atoms with E-state index < -0.39 is 0 Å². The molecule has 0 fully saturated rings. The molecular weight excluding hydrogens is 469 g/mol. The van der Waals surface area contributed by atoms with Crippen molar-refractivity contribution in [1.82, 2.24) is 20.8 Å².